The smallest absolute Gasteiger partial charge is 0.0632 e. The number of ether oxygens (including phenoxy) is 1. The number of nitrogens with zero attached hydrogens (tertiary/aromatic N) is 1. The van der Waals surface area contributed by atoms with Crippen LogP contribution in [0.15, 0.2) is 0 Å². The predicted molar refractivity (Wildman–Crippen MR) is 61.0 cm³/mol. The molecule has 0 bridgehead atoms. The summed E-state index contributed by atoms with van der Waals surface area (Å²) in [6.45, 7) is 6.48. The van der Waals surface area contributed by atoms with Crippen molar-refractivity contribution in [2.24, 2.45) is 0 Å². The minimum absolute atomic E-state index is 0.562. The lowest BCUT2D eigenvalue weighted by Crippen LogP contribution is -2.48. The largest absolute Gasteiger partial charge is 0.378 e. The maximum atomic E-state index is 5.46. The number of thioether (sulfide) groups is 1. The third-order valence-corrected chi connectivity index (χ3v) is 3.84. The summed E-state index contributed by atoms with van der Waals surface area (Å²) in [6, 6.07) is 0.562. The Kier molecular flexibility index (Phi) is 4.57. The Morgan fingerprint density at radius 3 is 3.21 bits per heavy atom. The van der Waals surface area contributed by atoms with Gasteiger partial charge in [-0.1, -0.05) is 0 Å². The summed E-state index contributed by atoms with van der Waals surface area (Å²) in [5.41, 5.74) is 0. The van der Waals surface area contributed by atoms with Gasteiger partial charge in [0.1, 0.15) is 0 Å². The zero-order valence-electron chi connectivity index (χ0n) is 8.71. The normalized spacial score (nSPS) is 31.3. The molecule has 2 heterocycles. The molecule has 2 saturated heterocycles. The second-order valence-electron chi connectivity index (χ2n) is 3.99. The van der Waals surface area contributed by atoms with Gasteiger partial charge in [0, 0.05) is 31.4 Å². The zero-order chi connectivity index (χ0) is 9.64. The molecule has 1 atom stereocenters. The lowest BCUT2D eigenvalue weighted by Gasteiger charge is -2.29. The highest BCUT2D eigenvalue weighted by atomic mass is 32.2. The summed E-state index contributed by atoms with van der Waals surface area (Å²) in [5, 5.41) is 3.51. The van der Waals surface area contributed by atoms with Crippen molar-refractivity contribution in [2.75, 3.05) is 50.9 Å². The fraction of sp³-hybridized carbons (Fsp3) is 1.00. The van der Waals surface area contributed by atoms with Crippen LogP contribution in [0.4, 0.5) is 0 Å². The Labute approximate surface area is 90.6 Å². The summed E-state index contributed by atoms with van der Waals surface area (Å²) < 4.78 is 5.46. The van der Waals surface area contributed by atoms with Gasteiger partial charge in [0.05, 0.1) is 13.2 Å². The maximum absolute atomic E-state index is 5.46. The Hall–Kier alpha value is 0.230. The first-order valence-corrected chi connectivity index (χ1v) is 6.72. The molecule has 0 spiro atoms. The van der Waals surface area contributed by atoms with Gasteiger partial charge in [-0.25, -0.2) is 0 Å². The van der Waals surface area contributed by atoms with E-state index in [0.29, 0.717) is 6.04 Å². The van der Waals surface area contributed by atoms with Gasteiger partial charge in [-0.3, -0.25) is 0 Å². The SMILES string of the molecule is C1CSCCN(CC2COCCN2)C1. The first kappa shape index (κ1) is 10.7. The molecule has 2 fully saturated rings. The van der Waals surface area contributed by atoms with Crippen LogP contribution in [0.5, 0.6) is 0 Å². The van der Waals surface area contributed by atoms with Gasteiger partial charge < -0.3 is 15.0 Å². The van der Waals surface area contributed by atoms with Crippen LogP contribution in [0.25, 0.3) is 0 Å². The molecule has 1 N–H and O–H groups in total. The van der Waals surface area contributed by atoms with Gasteiger partial charge in [-0.15, -0.1) is 0 Å². The molecule has 2 rings (SSSR count). The third-order valence-electron chi connectivity index (χ3n) is 2.79. The Morgan fingerprint density at radius 1 is 1.36 bits per heavy atom. The van der Waals surface area contributed by atoms with Crippen LogP contribution in [0.2, 0.25) is 0 Å². The van der Waals surface area contributed by atoms with Crippen molar-refractivity contribution in [3.05, 3.63) is 0 Å². The van der Waals surface area contributed by atoms with Crippen LogP contribution in [0, 0.1) is 0 Å². The van der Waals surface area contributed by atoms with Crippen LogP contribution in [0.3, 0.4) is 0 Å². The standard InChI is InChI=1S/C10H20N2OS/c1-3-12(4-7-14-6-1)8-10-9-13-5-2-11-10/h10-11H,1-9H2. The predicted octanol–water partition coefficient (Wildman–Crippen LogP) is 0.414. The summed E-state index contributed by atoms with van der Waals surface area (Å²) in [5.74, 6) is 2.64. The quantitative estimate of drug-likeness (QED) is 0.723. The lowest BCUT2D eigenvalue weighted by molar-refractivity contribution is 0.0630. The summed E-state index contributed by atoms with van der Waals surface area (Å²) in [7, 11) is 0. The average Bonchev–Trinajstić information content (AvgIpc) is 2.48. The zero-order valence-corrected chi connectivity index (χ0v) is 9.52. The van der Waals surface area contributed by atoms with Crippen molar-refractivity contribution in [3.8, 4) is 0 Å². The van der Waals surface area contributed by atoms with E-state index in [-0.39, 0.29) is 0 Å². The van der Waals surface area contributed by atoms with Gasteiger partial charge in [0.2, 0.25) is 0 Å². The van der Waals surface area contributed by atoms with Crippen molar-refractivity contribution >= 4 is 11.8 Å². The number of morpholine rings is 1. The minimum atomic E-state index is 0.562. The average molecular weight is 216 g/mol. The fourth-order valence-corrected chi connectivity index (χ4v) is 2.95. The van der Waals surface area contributed by atoms with Crippen molar-refractivity contribution < 1.29 is 4.74 Å². The molecule has 0 saturated carbocycles. The summed E-state index contributed by atoms with van der Waals surface area (Å²) in [6.07, 6.45) is 1.35. The molecule has 0 radical (unpaired) electrons. The molecule has 0 aromatic rings. The highest BCUT2D eigenvalue weighted by Gasteiger charge is 2.17. The number of hydrogen-bond acceptors (Lipinski definition) is 4. The second-order valence-corrected chi connectivity index (χ2v) is 5.22. The molecule has 1 unspecified atom stereocenters. The number of hydrogen-bond donors (Lipinski definition) is 1. The molecule has 82 valence electrons. The topological polar surface area (TPSA) is 24.5 Å². The Balaban J connectivity index is 1.71. The molecule has 0 amide bonds. The molecule has 0 aromatic heterocycles. The van der Waals surface area contributed by atoms with E-state index in [1.165, 1.54) is 37.6 Å². The van der Waals surface area contributed by atoms with Gasteiger partial charge in [-0.05, 0) is 18.7 Å². The first-order chi connectivity index (χ1) is 6.95. The van der Waals surface area contributed by atoms with E-state index in [1.54, 1.807) is 0 Å². The first-order valence-electron chi connectivity index (χ1n) is 5.56. The molecular formula is C10H20N2OS. The molecule has 4 heteroatoms. The van der Waals surface area contributed by atoms with Crippen molar-refractivity contribution in [3.63, 3.8) is 0 Å². The van der Waals surface area contributed by atoms with E-state index in [1.807, 2.05) is 0 Å². The lowest BCUT2D eigenvalue weighted by atomic mass is 10.2. The van der Waals surface area contributed by atoms with E-state index in [2.05, 4.69) is 22.0 Å². The van der Waals surface area contributed by atoms with E-state index in [4.69, 9.17) is 4.74 Å². The van der Waals surface area contributed by atoms with Crippen LogP contribution >= 0.6 is 11.8 Å². The van der Waals surface area contributed by atoms with E-state index >= 15 is 0 Å². The van der Waals surface area contributed by atoms with Crippen LogP contribution in [-0.2, 0) is 4.74 Å². The molecule has 3 nitrogen and oxygen atoms in total. The van der Waals surface area contributed by atoms with Crippen LogP contribution in [-0.4, -0.2) is 61.8 Å². The highest BCUT2D eigenvalue weighted by Crippen LogP contribution is 2.10. The molecule has 0 aromatic carbocycles. The number of rotatable bonds is 2. The second kappa shape index (κ2) is 5.95. The van der Waals surface area contributed by atoms with E-state index in [9.17, 15) is 0 Å². The molecule has 14 heavy (non-hydrogen) atoms. The molecule has 2 aliphatic rings. The number of nitrogens with one attached hydrogen (secondary N) is 1. The summed E-state index contributed by atoms with van der Waals surface area (Å²) >= 11 is 2.09. The van der Waals surface area contributed by atoms with Gasteiger partial charge in [0.25, 0.3) is 0 Å². The van der Waals surface area contributed by atoms with Crippen LogP contribution < -0.4 is 5.32 Å². The van der Waals surface area contributed by atoms with Crippen LogP contribution in [0.1, 0.15) is 6.42 Å². The monoisotopic (exact) mass is 216 g/mol. The fourth-order valence-electron chi connectivity index (χ4n) is 2.03. The van der Waals surface area contributed by atoms with E-state index < -0.39 is 0 Å². The van der Waals surface area contributed by atoms with E-state index in [0.717, 1.165) is 19.8 Å². The maximum Gasteiger partial charge on any atom is 0.0632 e. The Bertz CT molecular complexity index is 154. The highest BCUT2D eigenvalue weighted by molar-refractivity contribution is 7.99. The molecule has 2 aliphatic heterocycles. The van der Waals surface area contributed by atoms with Gasteiger partial charge >= 0.3 is 0 Å². The third kappa shape index (κ3) is 3.42. The summed E-state index contributed by atoms with van der Waals surface area (Å²) in [4.78, 5) is 2.58. The van der Waals surface area contributed by atoms with Crippen molar-refractivity contribution in [1.29, 1.82) is 0 Å². The van der Waals surface area contributed by atoms with Crippen molar-refractivity contribution in [2.45, 2.75) is 12.5 Å². The van der Waals surface area contributed by atoms with Gasteiger partial charge in [-0.2, -0.15) is 11.8 Å². The van der Waals surface area contributed by atoms with Gasteiger partial charge in [0.15, 0.2) is 0 Å². The Morgan fingerprint density at radius 2 is 2.36 bits per heavy atom. The minimum Gasteiger partial charge on any atom is -0.378 e. The van der Waals surface area contributed by atoms with Crippen molar-refractivity contribution in [1.82, 2.24) is 10.2 Å². The molecule has 0 aliphatic carbocycles. The molecular weight excluding hydrogens is 196 g/mol.